The fourth-order valence-corrected chi connectivity index (χ4v) is 6.16. The number of piperidine rings is 2. The van der Waals surface area contributed by atoms with Gasteiger partial charge >= 0.3 is 0 Å². The maximum Gasteiger partial charge on any atom is 0.225 e. The van der Waals surface area contributed by atoms with Crippen LogP contribution in [0.1, 0.15) is 39.5 Å². The molecule has 2 atom stereocenters. The first kappa shape index (κ1) is 37.7. The van der Waals surface area contributed by atoms with Gasteiger partial charge in [-0.15, -0.1) is 12.4 Å². The van der Waals surface area contributed by atoms with Crippen LogP contribution < -0.4 is 34.9 Å². The first-order valence-corrected chi connectivity index (χ1v) is 17.0. The molecule has 2 unspecified atom stereocenters. The summed E-state index contributed by atoms with van der Waals surface area (Å²) in [6, 6.07) is 15.5. The molecule has 2 fully saturated rings. The lowest BCUT2D eigenvalue weighted by Gasteiger charge is -2.39. The number of alkyl halides is 1. The fraction of sp³-hybridized carbons (Fsp3) is 0.588. The quantitative estimate of drug-likeness (QED) is 0.389. The third kappa shape index (κ3) is 10.1. The number of rotatable bonds is 5. The molecule has 46 heavy (non-hydrogen) atoms. The number of ether oxygens (including phenoxy) is 4. The van der Waals surface area contributed by atoms with Gasteiger partial charge in [0.2, 0.25) is 11.8 Å². The molecule has 2 aromatic carbocycles. The Morgan fingerprint density at radius 1 is 0.783 bits per heavy atom. The van der Waals surface area contributed by atoms with Crippen molar-refractivity contribution in [3.05, 3.63) is 48.5 Å². The number of hydrogen-bond acceptors (Lipinski definition) is 8. The van der Waals surface area contributed by atoms with E-state index in [2.05, 4.69) is 43.7 Å². The molecule has 6 rings (SSSR count). The number of likely N-dealkylation sites (tertiary alicyclic amines) is 1. The Balaban J connectivity index is 0.000000204. The molecule has 0 saturated carbocycles. The van der Waals surface area contributed by atoms with E-state index >= 15 is 0 Å². The number of carbonyl (C=O) groups excluding carboxylic acids is 2. The molecule has 0 aromatic heterocycles. The van der Waals surface area contributed by atoms with Crippen LogP contribution in [0.2, 0.25) is 0 Å². The number of nitrogens with zero attached hydrogens (tertiary/aromatic N) is 1. The van der Waals surface area contributed by atoms with E-state index in [-0.39, 0.29) is 47.3 Å². The monoisotopic (exact) mass is 724 g/mol. The van der Waals surface area contributed by atoms with Crippen LogP contribution in [0.3, 0.4) is 0 Å². The van der Waals surface area contributed by atoms with Gasteiger partial charge in [-0.05, 0) is 76.1 Å². The van der Waals surface area contributed by atoms with Crippen molar-refractivity contribution in [2.45, 2.75) is 51.7 Å². The predicted molar refractivity (Wildman–Crippen MR) is 186 cm³/mol. The van der Waals surface area contributed by atoms with E-state index < -0.39 is 0 Å². The summed E-state index contributed by atoms with van der Waals surface area (Å²) in [5.41, 5.74) is -0.359. The number of benzene rings is 2. The zero-order valence-corrected chi connectivity index (χ0v) is 29.8. The molecule has 256 valence electrons. The summed E-state index contributed by atoms with van der Waals surface area (Å²) in [6.07, 6.45) is 3.87. The van der Waals surface area contributed by atoms with E-state index in [4.69, 9.17) is 18.9 Å². The molecule has 10 nitrogen and oxygen atoms in total. The van der Waals surface area contributed by atoms with Crippen LogP contribution in [0.5, 0.6) is 23.0 Å². The molecule has 4 heterocycles. The van der Waals surface area contributed by atoms with Crippen LogP contribution in [0.25, 0.3) is 0 Å². The summed E-state index contributed by atoms with van der Waals surface area (Å²) >= 11 is 3.36. The lowest BCUT2D eigenvalue weighted by Crippen LogP contribution is -2.49. The van der Waals surface area contributed by atoms with Crippen molar-refractivity contribution in [3.8, 4) is 23.0 Å². The maximum absolute atomic E-state index is 11.9. The zero-order valence-electron chi connectivity index (χ0n) is 27.4. The first-order valence-electron chi connectivity index (χ1n) is 15.9. The Bertz CT molecular complexity index is 1260. The average Bonchev–Trinajstić information content (AvgIpc) is 3.09. The third-order valence-electron chi connectivity index (χ3n) is 8.99. The summed E-state index contributed by atoms with van der Waals surface area (Å²) < 4.78 is 22.8. The largest absolute Gasteiger partial charge is 0.486 e. The van der Waals surface area contributed by atoms with Gasteiger partial charge in [-0.25, -0.2) is 0 Å². The van der Waals surface area contributed by atoms with Crippen LogP contribution in [0, 0.1) is 10.8 Å². The summed E-state index contributed by atoms with van der Waals surface area (Å²) in [4.78, 5) is 25.7. The number of carbonyl (C=O) groups is 2. The second-order valence-corrected chi connectivity index (χ2v) is 13.1. The van der Waals surface area contributed by atoms with Crippen molar-refractivity contribution in [1.29, 1.82) is 0 Å². The van der Waals surface area contributed by atoms with Gasteiger partial charge in [-0.1, -0.05) is 54.0 Å². The number of para-hydroxylation sites is 4. The average molecular weight is 726 g/mol. The number of amides is 2. The highest BCUT2D eigenvalue weighted by atomic mass is 79.9. The minimum atomic E-state index is -0.234. The van der Waals surface area contributed by atoms with Crippen LogP contribution in [-0.4, -0.2) is 94.3 Å². The van der Waals surface area contributed by atoms with Gasteiger partial charge in [-0.2, -0.15) is 0 Å². The molecule has 12 heteroatoms. The van der Waals surface area contributed by atoms with E-state index in [1.165, 1.54) is 0 Å². The van der Waals surface area contributed by atoms with Gasteiger partial charge in [0.25, 0.3) is 0 Å². The smallest absolute Gasteiger partial charge is 0.225 e. The lowest BCUT2D eigenvalue weighted by atomic mass is 9.79. The maximum atomic E-state index is 11.9. The summed E-state index contributed by atoms with van der Waals surface area (Å²) in [5, 5.41) is 9.53. The van der Waals surface area contributed by atoms with Crippen LogP contribution >= 0.6 is 28.3 Å². The highest BCUT2D eigenvalue weighted by molar-refractivity contribution is 9.09. The molecule has 2 saturated heterocycles. The SMILES string of the molecule is BrCC1COc2ccccc2O1.CNC(=O)C1(C)CCN(CC2COc3ccccc3O2)CC1.CNC(=O)C1(C)CCNCC1.Cl. The van der Waals surface area contributed by atoms with Crippen molar-refractivity contribution in [2.75, 3.05) is 65.4 Å². The van der Waals surface area contributed by atoms with Gasteiger partial charge < -0.3 is 34.9 Å². The lowest BCUT2D eigenvalue weighted by molar-refractivity contribution is -0.132. The zero-order chi connectivity index (χ0) is 32.3. The molecule has 0 spiro atoms. The van der Waals surface area contributed by atoms with Gasteiger partial charge in [-0.3, -0.25) is 14.5 Å². The molecular weight excluding hydrogens is 676 g/mol. The Labute approximate surface area is 288 Å². The highest BCUT2D eigenvalue weighted by Gasteiger charge is 2.37. The van der Waals surface area contributed by atoms with Crippen molar-refractivity contribution in [3.63, 3.8) is 0 Å². The van der Waals surface area contributed by atoms with Crippen molar-refractivity contribution in [2.24, 2.45) is 10.8 Å². The number of hydrogen-bond donors (Lipinski definition) is 3. The minimum Gasteiger partial charge on any atom is -0.486 e. The number of fused-ring (bicyclic) bond motifs is 2. The van der Waals surface area contributed by atoms with Crippen molar-refractivity contribution in [1.82, 2.24) is 20.9 Å². The molecule has 2 amide bonds. The third-order valence-corrected chi connectivity index (χ3v) is 9.71. The second-order valence-electron chi connectivity index (χ2n) is 12.5. The minimum absolute atomic E-state index is 0. The Kier molecular flexibility index (Phi) is 14.7. The molecule has 0 bridgehead atoms. The van der Waals surface area contributed by atoms with E-state index in [1.54, 1.807) is 14.1 Å². The molecule has 4 aliphatic heterocycles. The topological polar surface area (TPSA) is 110 Å². The predicted octanol–water partition coefficient (Wildman–Crippen LogP) is 4.44. The normalized spacial score (nSPS) is 22.2. The Hall–Kier alpha value is -2.73. The summed E-state index contributed by atoms with van der Waals surface area (Å²) in [6.45, 7) is 9.91. The van der Waals surface area contributed by atoms with E-state index in [1.807, 2.05) is 55.5 Å². The van der Waals surface area contributed by atoms with Crippen LogP contribution in [0.4, 0.5) is 0 Å². The molecular formula is C34H50BrClN4O6. The van der Waals surface area contributed by atoms with Crippen LogP contribution in [0.15, 0.2) is 48.5 Å². The molecule has 2 aromatic rings. The fourth-order valence-electron chi connectivity index (χ4n) is 5.85. The first-order chi connectivity index (χ1) is 21.7. The van der Waals surface area contributed by atoms with Crippen molar-refractivity contribution >= 4 is 40.2 Å². The summed E-state index contributed by atoms with van der Waals surface area (Å²) in [5.74, 6) is 3.66. The Morgan fingerprint density at radius 2 is 1.22 bits per heavy atom. The van der Waals surface area contributed by atoms with E-state index in [0.717, 1.165) is 86.7 Å². The van der Waals surface area contributed by atoms with E-state index in [9.17, 15) is 9.59 Å². The van der Waals surface area contributed by atoms with E-state index in [0.29, 0.717) is 13.2 Å². The molecule has 0 aliphatic carbocycles. The Morgan fingerprint density at radius 3 is 1.70 bits per heavy atom. The van der Waals surface area contributed by atoms with Gasteiger partial charge in [0.05, 0.1) is 0 Å². The number of halogens is 2. The van der Waals surface area contributed by atoms with Gasteiger partial charge in [0, 0.05) is 36.8 Å². The van der Waals surface area contributed by atoms with Gasteiger partial charge in [0.15, 0.2) is 23.0 Å². The summed E-state index contributed by atoms with van der Waals surface area (Å²) in [7, 11) is 3.42. The highest BCUT2D eigenvalue weighted by Crippen LogP contribution is 2.34. The molecule has 3 N–H and O–H groups in total. The standard InChI is InChI=1S/C17H24N2O3.C9H9BrO2.C8H16N2O.ClH/c1-17(16(20)18-2)7-9-19(10-8-17)11-13-12-21-14-5-3-4-6-15(14)22-13;10-5-7-6-11-8-3-1-2-4-9(8)12-7;1-8(7(11)9-2)3-5-10-6-4-8;/h3-6,13H,7-12H2,1-2H3,(H,18,20);1-4,7H,5-6H2;10H,3-6H2,1-2H3,(H,9,11);1H. The molecule has 0 radical (unpaired) electrons. The number of nitrogens with one attached hydrogen (secondary N) is 3. The molecule has 4 aliphatic rings. The second kappa shape index (κ2) is 18.0. The van der Waals surface area contributed by atoms with Crippen molar-refractivity contribution < 1.29 is 28.5 Å². The van der Waals surface area contributed by atoms with Crippen LogP contribution in [-0.2, 0) is 9.59 Å². The van der Waals surface area contributed by atoms with Gasteiger partial charge in [0.1, 0.15) is 25.4 Å².